The van der Waals surface area contributed by atoms with Crippen molar-refractivity contribution < 1.29 is 4.79 Å². The number of nitrogens with one attached hydrogen (secondary N) is 1. The Bertz CT molecular complexity index is 339. The minimum atomic E-state index is 0.174. The van der Waals surface area contributed by atoms with Crippen LogP contribution in [-0.4, -0.2) is 18.9 Å². The minimum Gasteiger partial charge on any atom is -0.316 e. The van der Waals surface area contributed by atoms with Crippen LogP contribution in [0.3, 0.4) is 0 Å². The van der Waals surface area contributed by atoms with Crippen LogP contribution in [0.25, 0.3) is 0 Å². The lowest BCUT2D eigenvalue weighted by molar-refractivity contribution is -0.121. The van der Waals surface area contributed by atoms with Crippen LogP contribution < -0.4 is 5.32 Å². The summed E-state index contributed by atoms with van der Waals surface area (Å²) in [4.78, 5) is 13.2. The van der Waals surface area contributed by atoms with Crippen molar-refractivity contribution in [2.24, 2.45) is 5.92 Å². The maximum absolute atomic E-state index is 12.0. The van der Waals surface area contributed by atoms with Crippen molar-refractivity contribution >= 4 is 17.1 Å². The quantitative estimate of drug-likeness (QED) is 0.847. The highest BCUT2D eigenvalue weighted by Gasteiger charge is 2.21. The van der Waals surface area contributed by atoms with Crippen LogP contribution in [0.5, 0.6) is 0 Å². The molecule has 2 nitrogen and oxygen atoms in total. The molecule has 1 aliphatic heterocycles. The van der Waals surface area contributed by atoms with Crippen molar-refractivity contribution in [1.82, 2.24) is 5.32 Å². The lowest BCUT2D eigenvalue weighted by Crippen LogP contribution is -2.33. The zero-order valence-corrected chi connectivity index (χ0v) is 9.77. The third-order valence-electron chi connectivity index (χ3n) is 2.90. The number of hydrogen-bond donors (Lipinski definition) is 1. The van der Waals surface area contributed by atoms with E-state index >= 15 is 0 Å². The van der Waals surface area contributed by atoms with Crippen molar-refractivity contribution in [3.05, 3.63) is 28.3 Å². The molecule has 81 valence electrons. The van der Waals surface area contributed by atoms with Gasteiger partial charge in [0.15, 0.2) is 0 Å². The average Bonchev–Trinajstić information content (AvgIpc) is 2.66. The molecule has 0 amide bonds. The Balaban J connectivity index is 1.94. The van der Waals surface area contributed by atoms with E-state index in [-0.39, 0.29) is 5.92 Å². The largest absolute Gasteiger partial charge is 0.316 e. The molecule has 0 saturated carbocycles. The fourth-order valence-corrected chi connectivity index (χ4v) is 2.79. The van der Waals surface area contributed by atoms with Crippen LogP contribution >= 0.6 is 11.3 Å². The van der Waals surface area contributed by atoms with Crippen LogP contribution in [0.2, 0.25) is 0 Å². The summed E-state index contributed by atoms with van der Waals surface area (Å²) in [6.45, 7) is 3.92. The zero-order chi connectivity index (χ0) is 10.7. The van der Waals surface area contributed by atoms with Crippen LogP contribution in [0, 0.1) is 19.3 Å². The average molecular weight is 222 g/mol. The van der Waals surface area contributed by atoms with E-state index in [1.165, 1.54) is 10.4 Å². The first-order valence-electron chi connectivity index (χ1n) is 5.37. The van der Waals surface area contributed by atoms with Gasteiger partial charge in [-0.1, -0.05) is 0 Å². The molecular weight excluding hydrogens is 206 g/mol. The molecule has 1 aromatic rings. The summed E-state index contributed by atoms with van der Waals surface area (Å²) in [5, 5.41) is 5.29. The second-order valence-electron chi connectivity index (χ2n) is 4.00. The molecule has 2 heterocycles. The molecule has 0 aliphatic carbocycles. The van der Waals surface area contributed by atoms with E-state index < -0.39 is 0 Å². The number of thiophene rings is 1. The van der Waals surface area contributed by atoms with Gasteiger partial charge in [-0.25, -0.2) is 0 Å². The Morgan fingerprint density at radius 2 is 2.53 bits per heavy atom. The highest BCUT2D eigenvalue weighted by Crippen LogP contribution is 2.20. The Hall–Kier alpha value is -0.670. The summed E-state index contributed by atoms with van der Waals surface area (Å²) in [7, 11) is 0. The number of piperidine rings is 1. The van der Waals surface area contributed by atoms with Gasteiger partial charge in [-0.3, -0.25) is 4.79 Å². The number of carbonyl (C=O) groups excluding carboxylic acids is 1. The number of rotatable bonds is 3. The maximum atomic E-state index is 12.0. The lowest BCUT2D eigenvalue weighted by Gasteiger charge is -2.20. The Morgan fingerprint density at radius 1 is 1.67 bits per heavy atom. The summed E-state index contributed by atoms with van der Waals surface area (Å²) >= 11 is 1.69. The molecule has 1 fully saturated rings. The van der Waals surface area contributed by atoms with E-state index in [9.17, 15) is 4.79 Å². The molecule has 0 aromatic carbocycles. The van der Waals surface area contributed by atoms with Gasteiger partial charge in [0.05, 0.1) is 0 Å². The van der Waals surface area contributed by atoms with Crippen molar-refractivity contribution in [2.45, 2.75) is 19.8 Å². The van der Waals surface area contributed by atoms with Crippen LogP contribution in [0.1, 0.15) is 16.9 Å². The van der Waals surface area contributed by atoms with Crippen LogP contribution in [-0.2, 0) is 11.2 Å². The maximum Gasteiger partial charge on any atom is 0.141 e. The fraction of sp³-hybridized carbons (Fsp3) is 0.500. The predicted molar refractivity (Wildman–Crippen MR) is 63.0 cm³/mol. The first-order chi connectivity index (χ1) is 7.27. The topological polar surface area (TPSA) is 29.1 Å². The lowest BCUT2D eigenvalue weighted by atomic mass is 9.91. The standard InChI is InChI=1S/C12H16NOS/c1-9-4-7-15-12(9)8-11(14)10-2-5-13-6-3-10/h2,4,7,10,13H,3,5-6,8H2,1H3. The normalized spacial score (nSPS) is 17.9. The predicted octanol–water partition coefficient (Wildman–Crippen LogP) is 1.98. The monoisotopic (exact) mass is 222 g/mol. The molecule has 1 N–H and O–H groups in total. The first-order valence-corrected chi connectivity index (χ1v) is 6.25. The van der Waals surface area contributed by atoms with E-state index in [1.54, 1.807) is 11.3 Å². The van der Waals surface area contributed by atoms with Crippen LogP contribution in [0.4, 0.5) is 0 Å². The van der Waals surface area contributed by atoms with E-state index in [0.29, 0.717) is 12.2 Å². The van der Waals surface area contributed by atoms with Gasteiger partial charge in [0.25, 0.3) is 0 Å². The van der Waals surface area contributed by atoms with Gasteiger partial charge in [0.2, 0.25) is 0 Å². The molecule has 2 rings (SSSR count). The molecule has 15 heavy (non-hydrogen) atoms. The minimum absolute atomic E-state index is 0.174. The van der Waals surface area contributed by atoms with E-state index in [4.69, 9.17) is 0 Å². The fourth-order valence-electron chi connectivity index (χ4n) is 1.87. The third-order valence-corrected chi connectivity index (χ3v) is 3.92. The van der Waals surface area contributed by atoms with Gasteiger partial charge in [0, 0.05) is 17.2 Å². The number of ketones is 1. The summed E-state index contributed by atoms with van der Waals surface area (Å²) < 4.78 is 0. The summed E-state index contributed by atoms with van der Waals surface area (Å²) in [5.41, 5.74) is 1.25. The van der Waals surface area contributed by atoms with Crippen LogP contribution in [0.15, 0.2) is 11.4 Å². The number of Topliss-reactive ketones (excluding diaryl/α,β-unsaturated/α-hetero) is 1. The number of carbonyl (C=O) groups is 1. The molecule has 1 aliphatic rings. The van der Waals surface area contributed by atoms with Gasteiger partial charge in [-0.2, -0.15) is 0 Å². The van der Waals surface area contributed by atoms with Crippen molar-refractivity contribution in [2.75, 3.05) is 13.1 Å². The molecule has 0 bridgehead atoms. The van der Waals surface area contributed by atoms with Crippen molar-refractivity contribution in [3.63, 3.8) is 0 Å². The van der Waals surface area contributed by atoms with E-state index in [1.807, 2.05) is 0 Å². The van der Waals surface area contributed by atoms with Crippen molar-refractivity contribution in [3.8, 4) is 0 Å². The molecule has 1 aromatic heterocycles. The second kappa shape index (κ2) is 4.90. The summed E-state index contributed by atoms with van der Waals surface area (Å²) in [6.07, 6.45) is 3.68. The van der Waals surface area contributed by atoms with Gasteiger partial charge in [0.1, 0.15) is 5.78 Å². The Kier molecular flexibility index (Phi) is 3.54. The van der Waals surface area contributed by atoms with Gasteiger partial charge < -0.3 is 5.32 Å². The van der Waals surface area contributed by atoms with E-state index in [2.05, 4.69) is 30.1 Å². The first kappa shape index (κ1) is 10.8. The van der Waals surface area contributed by atoms with E-state index in [0.717, 1.165) is 19.5 Å². The zero-order valence-electron chi connectivity index (χ0n) is 8.95. The molecule has 3 heteroatoms. The second-order valence-corrected chi connectivity index (χ2v) is 5.01. The number of hydrogen-bond acceptors (Lipinski definition) is 3. The molecule has 1 unspecified atom stereocenters. The molecule has 0 spiro atoms. The molecule has 1 saturated heterocycles. The Morgan fingerprint density at radius 3 is 3.13 bits per heavy atom. The van der Waals surface area contributed by atoms with Crippen molar-refractivity contribution in [1.29, 1.82) is 0 Å². The van der Waals surface area contributed by atoms with Gasteiger partial charge >= 0.3 is 0 Å². The van der Waals surface area contributed by atoms with Gasteiger partial charge in [-0.05, 0) is 49.9 Å². The third kappa shape index (κ3) is 2.67. The van der Waals surface area contributed by atoms with Gasteiger partial charge in [-0.15, -0.1) is 11.3 Å². The SMILES string of the molecule is Cc1ccsc1CC(=O)C1[CH]CNCC1. The summed E-state index contributed by atoms with van der Waals surface area (Å²) in [6, 6.07) is 2.08. The summed E-state index contributed by atoms with van der Waals surface area (Å²) in [5.74, 6) is 0.551. The Labute approximate surface area is 94.7 Å². The molecule has 1 atom stereocenters. The smallest absolute Gasteiger partial charge is 0.141 e. The number of aryl methyl sites for hydroxylation is 1. The highest BCUT2D eigenvalue weighted by atomic mass is 32.1. The molecule has 1 radical (unpaired) electrons. The highest BCUT2D eigenvalue weighted by molar-refractivity contribution is 7.10. The molecular formula is C12H16NOS.